The number of carbonyl (C=O) groups is 2. The molecule has 0 fully saturated rings. The van der Waals surface area contributed by atoms with Crippen LogP contribution in [0.5, 0.6) is 5.75 Å². The molecule has 0 spiro atoms. The maximum absolute atomic E-state index is 12.8. The molecule has 6 nitrogen and oxygen atoms in total. The summed E-state index contributed by atoms with van der Waals surface area (Å²) in [6.07, 6.45) is 0.692. The summed E-state index contributed by atoms with van der Waals surface area (Å²) in [4.78, 5) is 25.1. The largest absolute Gasteiger partial charge is 0.492 e. The van der Waals surface area contributed by atoms with E-state index >= 15 is 0 Å². The van der Waals surface area contributed by atoms with Crippen molar-refractivity contribution in [3.05, 3.63) is 97.9 Å². The van der Waals surface area contributed by atoms with Gasteiger partial charge in [-0.3, -0.25) is 25.8 Å². The second-order valence-corrected chi connectivity index (χ2v) is 8.88. The van der Waals surface area contributed by atoms with Crippen LogP contribution in [0.1, 0.15) is 26.3 Å². The molecule has 10 heteroatoms. The number of rotatable bonds is 6. The lowest BCUT2D eigenvalue weighted by Gasteiger charge is -2.14. The summed E-state index contributed by atoms with van der Waals surface area (Å²) in [5, 5.41) is 3.00. The Morgan fingerprint density at radius 3 is 2.39 bits per heavy atom. The van der Waals surface area contributed by atoms with Crippen molar-refractivity contribution in [2.45, 2.75) is 6.42 Å². The molecule has 3 N–H and O–H groups in total. The summed E-state index contributed by atoms with van der Waals surface area (Å²) >= 11 is 20.3. The first-order chi connectivity index (χ1) is 15.8. The second-order valence-electron chi connectivity index (χ2n) is 6.71. The fourth-order valence-electron chi connectivity index (χ4n) is 2.79. The summed E-state index contributed by atoms with van der Waals surface area (Å²) in [7, 11) is 0. The number of nitrogens with one attached hydrogen (secondary N) is 3. The molecular weight excluding hydrogens is 549 g/mol. The van der Waals surface area contributed by atoms with Crippen molar-refractivity contribution >= 4 is 68.3 Å². The molecule has 0 unspecified atom stereocenters. The normalized spacial score (nSPS) is 10.3. The third-order valence-electron chi connectivity index (χ3n) is 4.37. The lowest BCUT2D eigenvalue weighted by Crippen LogP contribution is -2.48. The number of hydrogen-bond donors (Lipinski definition) is 3. The van der Waals surface area contributed by atoms with Gasteiger partial charge in [0, 0.05) is 15.9 Å². The van der Waals surface area contributed by atoms with Gasteiger partial charge >= 0.3 is 0 Å². The van der Waals surface area contributed by atoms with E-state index in [4.69, 9.17) is 40.2 Å². The van der Waals surface area contributed by atoms with Crippen LogP contribution in [0.15, 0.2) is 71.2 Å². The third kappa shape index (κ3) is 7.43. The molecule has 0 atom stereocenters. The Bertz CT molecular complexity index is 1180. The van der Waals surface area contributed by atoms with E-state index in [2.05, 4.69) is 32.1 Å². The molecule has 0 radical (unpaired) electrons. The van der Waals surface area contributed by atoms with Crippen molar-refractivity contribution in [3.63, 3.8) is 0 Å². The molecule has 2 amide bonds. The van der Waals surface area contributed by atoms with E-state index in [1.165, 1.54) is 18.2 Å². The van der Waals surface area contributed by atoms with Crippen LogP contribution in [-0.2, 0) is 6.42 Å². The maximum Gasteiger partial charge on any atom is 0.271 e. The summed E-state index contributed by atoms with van der Waals surface area (Å²) in [5.74, 6) is -0.630. The highest BCUT2D eigenvalue weighted by Crippen LogP contribution is 2.24. The summed E-state index contributed by atoms with van der Waals surface area (Å²) in [5.41, 5.74) is 6.47. The number of hydrazine groups is 1. The second kappa shape index (κ2) is 12.0. The molecule has 0 saturated carbocycles. The smallest absolute Gasteiger partial charge is 0.271 e. The fourth-order valence-corrected chi connectivity index (χ4v) is 3.78. The van der Waals surface area contributed by atoms with E-state index in [0.29, 0.717) is 28.3 Å². The Kier molecular flexibility index (Phi) is 9.08. The monoisotopic (exact) mass is 565 g/mol. The Balaban J connectivity index is 1.57. The highest BCUT2D eigenvalue weighted by atomic mass is 79.9. The van der Waals surface area contributed by atoms with E-state index in [-0.39, 0.29) is 21.3 Å². The van der Waals surface area contributed by atoms with E-state index in [0.717, 1.165) is 5.56 Å². The van der Waals surface area contributed by atoms with Crippen LogP contribution in [0.4, 0.5) is 0 Å². The van der Waals surface area contributed by atoms with E-state index in [1.807, 2.05) is 30.3 Å². The molecule has 3 rings (SSSR count). The van der Waals surface area contributed by atoms with E-state index in [1.54, 1.807) is 18.2 Å². The van der Waals surface area contributed by atoms with Crippen LogP contribution in [0.25, 0.3) is 0 Å². The van der Waals surface area contributed by atoms with Crippen molar-refractivity contribution in [1.82, 2.24) is 16.2 Å². The molecule has 0 bridgehead atoms. The molecule has 33 heavy (non-hydrogen) atoms. The Labute approximate surface area is 214 Å². The zero-order valence-corrected chi connectivity index (χ0v) is 20.9. The molecule has 3 aromatic carbocycles. The quantitative estimate of drug-likeness (QED) is 0.278. The average Bonchev–Trinajstić information content (AvgIpc) is 2.79. The van der Waals surface area contributed by atoms with Gasteiger partial charge in [-0.2, -0.15) is 0 Å². The van der Waals surface area contributed by atoms with Crippen LogP contribution in [0, 0.1) is 0 Å². The molecule has 0 aliphatic carbocycles. The molecule has 170 valence electrons. The predicted molar refractivity (Wildman–Crippen MR) is 137 cm³/mol. The Hall–Kier alpha value is -2.65. The molecule has 0 aromatic heterocycles. The van der Waals surface area contributed by atoms with Gasteiger partial charge in [0.25, 0.3) is 11.8 Å². The fraction of sp³-hybridized carbons (Fsp3) is 0.0870. The molecule has 0 heterocycles. The van der Waals surface area contributed by atoms with Gasteiger partial charge in [-0.05, 0) is 54.2 Å². The summed E-state index contributed by atoms with van der Waals surface area (Å²) in [6, 6.07) is 19.5. The van der Waals surface area contributed by atoms with Crippen molar-refractivity contribution in [1.29, 1.82) is 0 Å². The lowest BCUT2D eigenvalue weighted by atomic mass is 10.1. The van der Waals surface area contributed by atoms with Crippen molar-refractivity contribution in [2.75, 3.05) is 6.61 Å². The van der Waals surface area contributed by atoms with Crippen LogP contribution in [0.2, 0.25) is 10.0 Å². The molecule has 0 saturated heterocycles. The van der Waals surface area contributed by atoms with Crippen molar-refractivity contribution in [2.24, 2.45) is 0 Å². The molecule has 0 aliphatic rings. The number of thiocarbonyl (C=S) groups is 1. The van der Waals surface area contributed by atoms with Gasteiger partial charge in [-0.15, -0.1) is 0 Å². The van der Waals surface area contributed by atoms with Gasteiger partial charge < -0.3 is 4.74 Å². The zero-order chi connectivity index (χ0) is 23.8. The molecule has 0 aliphatic heterocycles. The Morgan fingerprint density at radius 2 is 1.67 bits per heavy atom. The molecular formula is C23H18BrCl2N3O3S. The van der Waals surface area contributed by atoms with Gasteiger partial charge in [-0.1, -0.05) is 69.5 Å². The number of amides is 2. The summed E-state index contributed by atoms with van der Waals surface area (Å²) < 4.78 is 6.54. The van der Waals surface area contributed by atoms with Crippen LogP contribution >= 0.6 is 51.3 Å². The Morgan fingerprint density at radius 1 is 0.909 bits per heavy atom. The number of halogens is 3. The zero-order valence-electron chi connectivity index (χ0n) is 17.0. The SMILES string of the molecule is O=C(NNC(=S)NC(=O)c1cc(Br)ccc1OCCc1ccccc1)c1ccc(Cl)cc1Cl. The van der Waals surface area contributed by atoms with Gasteiger partial charge in [-0.25, -0.2) is 0 Å². The van der Waals surface area contributed by atoms with Crippen LogP contribution in [-0.4, -0.2) is 23.5 Å². The van der Waals surface area contributed by atoms with Gasteiger partial charge in [0.15, 0.2) is 5.11 Å². The topological polar surface area (TPSA) is 79.5 Å². The minimum Gasteiger partial charge on any atom is -0.492 e. The first kappa shape index (κ1) is 25.0. The lowest BCUT2D eigenvalue weighted by molar-refractivity contribution is 0.0933. The maximum atomic E-state index is 12.8. The van der Waals surface area contributed by atoms with Crippen LogP contribution in [0.3, 0.4) is 0 Å². The highest BCUT2D eigenvalue weighted by Gasteiger charge is 2.16. The number of benzene rings is 3. The summed E-state index contributed by atoms with van der Waals surface area (Å²) in [6.45, 7) is 0.395. The predicted octanol–water partition coefficient (Wildman–Crippen LogP) is 5.33. The average molecular weight is 567 g/mol. The van der Waals surface area contributed by atoms with Crippen molar-refractivity contribution in [3.8, 4) is 5.75 Å². The van der Waals surface area contributed by atoms with Crippen LogP contribution < -0.4 is 20.9 Å². The van der Waals surface area contributed by atoms with E-state index < -0.39 is 11.8 Å². The first-order valence-corrected chi connectivity index (χ1v) is 11.6. The molecule has 3 aromatic rings. The minimum atomic E-state index is -0.541. The number of ether oxygens (including phenoxy) is 1. The highest BCUT2D eigenvalue weighted by molar-refractivity contribution is 9.10. The number of carbonyl (C=O) groups excluding carboxylic acids is 2. The minimum absolute atomic E-state index is 0.103. The van der Waals surface area contributed by atoms with Gasteiger partial charge in [0.05, 0.1) is 22.8 Å². The first-order valence-electron chi connectivity index (χ1n) is 9.66. The number of hydrogen-bond acceptors (Lipinski definition) is 4. The van der Waals surface area contributed by atoms with Gasteiger partial charge in [0.2, 0.25) is 0 Å². The standard InChI is InChI=1S/C23H18BrCl2N3O3S/c24-15-6-9-20(32-11-10-14-4-2-1-3-5-14)18(12-15)21(30)27-23(33)29-28-22(31)17-8-7-16(25)13-19(17)26/h1-9,12-13H,10-11H2,(H,28,31)(H2,27,29,30,33). The van der Waals surface area contributed by atoms with E-state index in [9.17, 15) is 9.59 Å². The third-order valence-corrected chi connectivity index (χ3v) is 5.61. The van der Waals surface area contributed by atoms with Crippen molar-refractivity contribution < 1.29 is 14.3 Å². The van der Waals surface area contributed by atoms with Gasteiger partial charge in [0.1, 0.15) is 5.75 Å².